The normalized spacial score (nSPS) is 10.1. The number of hydrogen-bond donors (Lipinski definition) is 1. The SMILES string of the molecule is CC(C)COc1ccc(C#N)cc1.CC(C)COc1ccc(CN)cc1. The van der Waals surface area contributed by atoms with Gasteiger partial charge in [0.1, 0.15) is 11.5 Å². The predicted molar refractivity (Wildman–Crippen MR) is 106 cm³/mol. The zero-order valence-electron chi connectivity index (χ0n) is 16.2. The van der Waals surface area contributed by atoms with Gasteiger partial charge in [-0.25, -0.2) is 0 Å². The second kappa shape index (κ2) is 11.9. The van der Waals surface area contributed by atoms with Crippen molar-refractivity contribution in [2.45, 2.75) is 34.2 Å². The summed E-state index contributed by atoms with van der Waals surface area (Å²) in [5, 5.41) is 8.56. The molecule has 26 heavy (non-hydrogen) atoms. The zero-order valence-corrected chi connectivity index (χ0v) is 16.2. The molecule has 0 spiro atoms. The summed E-state index contributed by atoms with van der Waals surface area (Å²) in [7, 11) is 0. The molecule has 0 bridgehead atoms. The Morgan fingerprint density at radius 1 is 0.808 bits per heavy atom. The Kier molecular flexibility index (Phi) is 9.89. The van der Waals surface area contributed by atoms with Crippen molar-refractivity contribution in [2.75, 3.05) is 13.2 Å². The van der Waals surface area contributed by atoms with E-state index in [9.17, 15) is 0 Å². The number of nitriles is 1. The van der Waals surface area contributed by atoms with Crippen LogP contribution in [0.1, 0.15) is 38.8 Å². The number of nitrogens with two attached hydrogens (primary N) is 1. The van der Waals surface area contributed by atoms with Gasteiger partial charge in [-0.15, -0.1) is 0 Å². The monoisotopic (exact) mass is 354 g/mol. The highest BCUT2D eigenvalue weighted by atomic mass is 16.5. The lowest BCUT2D eigenvalue weighted by molar-refractivity contribution is 0.271. The maximum Gasteiger partial charge on any atom is 0.119 e. The minimum atomic E-state index is 0.524. The lowest BCUT2D eigenvalue weighted by Gasteiger charge is -2.08. The second-order valence-corrected chi connectivity index (χ2v) is 6.89. The quantitative estimate of drug-likeness (QED) is 0.777. The third-order valence-electron chi connectivity index (χ3n) is 3.31. The van der Waals surface area contributed by atoms with Crippen LogP contribution < -0.4 is 15.2 Å². The number of nitrogens with zero attached hydrogens (tertiary/aromatic N) is 1. The van der Waals surface area contributed by atoms with Crippen LogP contribution in [-0.2, 0) is 6.54 Å². The molecule has 0 aliphatic heterocycles. The molecule has 2 aromatic carbocycles. The molecule has 140 valence electrons. The molecule has 2 rings (SSSR count). The Hall–Kier alpha value is -2.51. The molecule has 0 radical (unpaired) electrons. The largest absolute Gasteiger partial charge is 0.493 e. The number of hydrogen-bond acceptors (Lipinski definition) is 4. The maximum absolute atomic E-state index is 8.56. The van der Waals surface area contributed by atoms with Gasteiger partial charge in [-0.3, -0.25) is 0 Å². The van der Waals surface area contributed by atoms with Crippen LogP contribution in [0.5, 0.6) is 11.5 Å². The van der Waals surface area contributed by atoms with E-state index in [1.807, 2.05) is 36.4 Å². The summed E-state index contributed by atoms with van der Waals surface area (Å²) in [5.74, 6) is 2.84. The lowest BCUT2D eigenvalue weighted by atomic mass is 10.2. The Morgan fingerprint density at radius 3 is 1.58 bits per heavy atom. The Labute approximate surface area is 157 Å². The number of ether oxygens (including phenoxy) is 2. The van der Waals surface area contributed by atoms with Crippen LogP contribution in [0.2, 0.25) is 0 Å². The fraction of sp³-hybridized carbons (Fsp3) is 0.409. The van der Waals surface area contributed by atoms with Crippen LogP contribution in [0.15, 0.2) is 48.5 Å². The summed E-state index contributed by atoms with van der Waals surface area (Å²) in [4.78, 5) is 0. The van der Waals surface area contributed by atoms with Crippen molar-refractivity contribution in [3.8, 4) is 17.6 Å². The zero-order chi connectivity index (χ0) is 19.4. The lowest BCUT2D eigenvalue weighted by Crippen LogP contribution is -2.04. The Morgan fingerprint density at radius 2 is 1.23 bits per heavy atom. The van der Waals surface area contributed by atoms with Crippen molar-refractivity contribution in [3.63, 3.8) is 0 Å². The fourth-order valence-corrected chi connectivity index (χ4v) is 1.87. The van der Waals surface area contributed by atoms with Crippen LogP contribution in [0.3, 0.4) is 0 Å². The van der Waals surface area contributed by atoms with E-state index < -0.39 is 0 Å². The summed E-state index contributed by atoms with van der Waals surface area (Å²) in [6.45, 7) is 10.5. The molecule has 4 heteroatoms. The van der Waals surface area contributed by atoms with E-state index in [1.54, 1.807) is 12.1 Å². The summed E-state index contributed by atoms with van der Waals surface area (Å²) < 4.78 is 11.0. The molecule has 2 aromatic rings. The average molecular weight is 354 g/mol. The predicted octanol–water partition coefficient (Wildman–Crippen LogP) is 4.77. The van der Waals surface area contributed by atoms with Crippen LogP contribution in [-0.4, -0.2) is 13.2 Å². The molecule has 0 saturated carbocycles. The smallest absolute Gasteiger partial charge is 0.119 e. The second-order valence-electron chi connectivity index (χ2n) is 6.89. The molecule has 0 atom stereocenters. The molecule has 0 amide bonds. The van der Waals surface area contributed by atoms with E-state index in [2.05, 4.69) is 33.8 Å². The Balaban J connectivity index is 0.000000260. The van der Waals surface area contributed by atoms with E-state index in [0.29, 0.717) is 30.6 Å². The first-order valence-electron chi connectivity index (χ1n) is 8.99. The van der Waals surface area contributed by atoms with Gasteiger partial charge in [-0.2, -0.15) is 5.26 Å². The van der Waals surface area contributed by atoms with E-state index in [4.69, 9.17) is 20.5 Å². The molecule has 0 saturated heterocycles. The number of benzene rings is 2. The van der Waals surface area contributed by atoms with Gasteiger partial charge >= 0.3 is 0 Å². The first-order chi connectivity index (χ1) is 12.4. The van der Waals surface area contributed by atoms with Crippen LogP contribution in [0.4, 0.5) is 0 Å². The topological polar surface area (TPSA) is 68.3 Å². The van der Waals surface area contributed by atoms with Gasteiger partial charge < -0.3 is 15.2 Å². The molecule has 0 aliphatic rings. The van der Waals surface area contributed by atoms with Crippen molar-refractivity contribution in [2.24, 2.45) is 17.6 Å². The first-order valence-corrected chi connectivity index (χ1v) is 8.99. The van der Waals surface area contributed by atoms with Gasteiger partial charge in [-0.05, 0) is 53.8 Å². The highest BCUT2D eigenvalue weighted by Gasteiger charge is 1.97. The minimum absolute atomic E-state index is 0.524. The van der Waals surface area contributed by atoms with Gasteiger partial charge in [-0.1, -0.05) is 39.8 Å². The highest BCUT2D eigenvalue weighted by Crippen LogP contribution is 2.13. The van der Waals surface area contributed by atoms with E-state index in [-0.39, 0.29) is 0 Å². The van der Waals surface area contributed by atoms with Gasteiger partial charge in [0.25, 0.3) is 0 Å². The van der Waals surface area contributed by atoms with E-state index in [1.165, 1.54) is 0 Å². The molecule has 0 heterocycles. The third-order valence-corrected chi connectivity index (χ3v) is 3.31. The molecule has 2 N–H and O–H groups in total. The first kappa shape index (κ1) is 21.5. The minimum Gasteiger partial charge on any atom is -0.493 e. The molecule has 0 aromatic heterocycles. The summed E-state index contributed by atoms with van der Waals surface area (Å²) >= 11 is 0. The van der Waals surface area contributed by atoms with E-state index >= 15 is 0 Å². The third kappa shape index (κ3) is 9.10. The van der Waals surface area contributed by atoms with Gasteiger partial charge in [0.15, 0.2) is 0 Å². The Bertz CT molecular complexity index is 656. The van der Waals surface area contributed by atoms with Crippen molar-refractivity contribution >= 4 is 0 Å². The molecule has 0 fully saturated rings. The van der Waals surface area contributed by atoms with Gasteiger partial charge in [0, 0.05) is 6.54 Å². The fourth-order valence-electron chi connectivity index (χ4n) is 1.87. The van der Waals surface area contributed by atoms with Crippen LogP contribution >= 0.6 is 0 Å². The van der Waals surface area contributed by atoms with E-state index in [0.717, 1.165) is 23.7 Å². The maximum atomic E-state index is 8.56. The highest BCUT2D eigenvalue weighted by molar-refractivity contribution is 5.34. The van der Waals surface area contributed by atoms with Crippen molar-refractivity contribution < 1.29 is 9.47 Å². The van der Waals surface area contributed by atoms with Gasteiger partial charge in [0.2, 0.25) is 0 Å². The summed E-state index contributed by atoms with van der Waals surface area (Å²) in [6.07, 6.45) is 0. The summed E-state index contributed by atoms with van der Waals surface area (Å²) in [6, 6.07) is 17.1. The average Bonchev–Trinajstić information content (AvgIpc) is 2.66. The molecule has 0 unspecified atom stereocenters. The molecule has 0 aliphatic carbocycles. The number of rotatable bonds is 7. The summed E-state index contributed by atoms with van der Waals surface area (Å²) in [5.41, 5.74) is 7.28. The van der Waals surface area contributed by atoms with Crippen molar-refractivity contribution in [1.82, 2.24) is 0 Å². The van der Waals surface area contributed by atoms with Crippen molar-refractivity contribution in [3.05, 3.63) is 59.7 Å². The van der Waals surface area contributed by atoms with Gasteiger partial charge in [0.05, 0.1) is 24.8 Å². The van der Waals surface area contributed by atoms with Crippen molar-refractivity contribution in [1.29, 1.82) is 5.26 Å². The molecular formula is C22H30N2O2. The molecule has 4 nitrogen and oxygen atoms in total. The van der Waals surface area contributed by atoms with Crippen LogP contribution in [0, 0.1) is 23.2 Å². The molecular weight excluding hydrogens is 324 g/mol. The van der Waals surface area contributed by atoms with Crippen LogP contribution in [0.25, 0.3) is 0 Å². The standard InChI is InChI=1S/C11H17NO.C11H13NO/c2*1-9(2)8-13-11-5-3-10(7-12)4-6-11/h3-6,9H,7-8,12H2,1-2H3;3-6,9H,8H2,1-2H3.